The van der Waals surface area contributed by atoms with Crippen LogP contribution in [0.3, 0.4) is 0 Å². The molecule has 0 saturated carbocycles. The number of alkyl halides is 6. The van der Waals surface area contributed by atoms with Crippen molar-refractivity contribution in [2.75, 3.05) is 0 Å². The summed E-state index contributed by atoms with van der Waals surface area (Å²) in [7, 11) is 0. The van der Waals surface area contributed by atoms with Gasteiger partial charge in [-0.3, -0.25) is 0 Å². The normalized spacial score (nSPS) is 14.1. The number of rotatable bonds is 4. The van der Waals surface area contributed by atoms with E-state index in [9.17, 15) is 31.4 Å². The molecule has 1 atom stereocenters. The van der Waals surface area contributed by atoms with Crippen molar-refractivity contribution in [3.8, 4) is 11.1 Å². The van der Waals surface area contributed by atoms with Crippen LogP contribution in [-0.2, 0) is 11.8 Å². The Bertz CT molecular complexity index is 768. The van der Waals surface area contributed by atoms with Gasteiger partial charge < -0.3 is 5.11 Å². The van der Waals surface area contributed by atoms with E-state index in [4.69, 9.17) is 11.6 Å². The number of hydrogen-bond donors (Lipinski definition) is 1. The van der Waals surface area contributed by atoms with E-state index in [2.05, 4.69) is 0 Å². The van der Waals surface area contributed by atoms with Crippen LogP contribution in [0.1, 0.15) is 44.7 Å². The Morgan fingerprint density at radius 1 is 0.857 bits per heavy atom. The van der Waals surface area contributed by atoms with Crippen LogP contribution in [0.2, 0.25) is 5.02 Å². The topological polar surface area (TPSA) is 20.2 Å². The molecule has 0 fully saturated rings. The molecule has 1 unspecified atom stereocenters. The standard InChI is InChI=1S/C18H15ClF6O.C2H6/c1-2-9-16(26,18(23,24)25)12-5-3-11(4-6-12)14-8-7-13(10-15(14)19)17(20,21)22;1-2/h3-8,10,26H,2,9H2,1H3;1-2H3. The second kappa shape index (κ2) is 9.18. The molecule has 2 rings (SSSR count). The summed E-state index contributed by atoms with van der Waals surface area (Å²) < 4.78 is 77.8. The van der Waals surface area contributed by atoms with Crippen molar-refractivity contribution in [1.29, 1.82) is 0 Å². The van der Waals surface area contributed by atoms with E-state index >= 15 is 0 Å². The Kier molecular flexibility index (Phi) is 7.97. The molecule has 2 aromatic rings. The smallest absolute Gasteiger partial charge is 0.376 e. The maximum absolute atomic E-state index is 13.2. The van der Waals surface area contributed by atoms with Gasteiger partial charge in [-0.1, -0.05) is 69.1 Å². The fourth-order valence-corrected chi connectivity index (χ4v) is 2.95. The molecule has 1 nitrogen and oxygen atoms in total. The lowest BCUT2D eigenvalue weighted by Crippen LogP contribution is -2.42. The van der Waals surface area contributed by atoms with Crippen molar-refractivity contribution in [2.24, 2.45) is 0 Å². The molecular weight excluding hydrogens is 406 g/mol. The van der Waals surface area contributed by atoms with E-state index in [0.717, 1.165) is 30.3 Å². The highest BCUT2D eigenvalue weighted by Gasteiger charge is 2.54. The zero-order chi connectivity index (χ0) is 21.8. The van der Waals surface area contributed by atoms with E-state index in [1.807, 2.05) is 13.8 Å². The molecule has 0 saturated heterocycles. The summed E-state index contributed by atoms with van der Waals surface area (Å²) in [6, 6.07) is 7.54. The summed E-state index contributed by atoms with van der Waals surface area (Å²) in [6.07, 6.45) is -9.79. The van der Waals surface area contributed by atoms with Crippen molar-refractivity contribution in [1.82, 2.24) is 0 Å². The van der Waals surface area contributed by atoms with Gasteiger partial charge in [-0.2, -0.15) is 26.3 Å². The summed E-state index contributed by atoms with van der Waals surface area (Å²) in [6.45, 7) is 5.52. The Labute approximate surface area is 165 Å². The van der Waals surface area contributed by atoms with Gasteiger partial charge in [0.2, 0.25) is 0 Å². The van der Waals surface area contributed by atoms with Gasteiger partial charge in [0.25, 0.3) is 0 Å². The number of benzene rings is 2. The molecule has 0 heterocycles. The molecule has 0 amide bonds. The number of hydrogen-bond acceptors (Lipinski definition) is 1. The van der Waals surface area contributed by atoms with Crippen molar-refractivity contribution in [3.63, 3.8) is 0 Å². The molecule has 0 spiro atoms. The van der Waals surface area contributed by atoms with Gasteiger partial charge in [0, 0.05) is 10.6 Å². The fraction of sp³-hybridized carbons (Fsp3) is 0.400. The molecule has 0 aliphatic rings. The molecule has 2 aromatic carbocycles. The number of aliphatic hydroxyl groups is 1. The maximum atomic E-state index is 13.2. The van der Waals surface area contributed by atoms with Gasteiger partial charge in [-0.15, -0.1) is 0 Å². The molecular formula is C20H21ClF6O. The largest absolute Gasteiger partial charge is 0.421 e. The first-order valence-electron chi connectivity index (χ1n) is 8.67. The zero-order valence-electron chi connectivity index (χ0n) is 15.5. The van der Waals surface area contributed by atoms with Crippen molar-refractivity contribution in [3.05, 3.63) is 58.6 Å². The third kappa shape index (κ3) is 5.20. The molecule has 156 valence electrons. The predicted molar refractivity (Wildman–Crippen MR) is 98.1 cm³/mol. The molecule has 0 aliphatic heterocycles. The third-order valence-corrected chi connectivity index (χ3v) is 4.36. The minimum absolute atomic E-state index is 0.114. The summed E-state index contributed by atoms with van der Waals surface area (Å²) >= 11 is 5.89. The maximum Gasteiger partial charge on any atom is 0.421 e. The molecule has 0 aliphatic carbocycles. The van der Waals surface area contributed by atoms with Crippen molar-refractivity contribution in [2.45, 2.75) is 51.6 Å². The average molecular weight is 427 g/mol. The second-order valence-corrected chi connectivity index (χ2v) is 6.28. The van der Waals surface area contributed by atoms with Crippen LogP contribution in [0.5, 0.6) is 0 Å². The Morgan fingerprint density at radius 3 is 1.75 bits per heavy atom. The Morgan fingerprint density at radius 2 is 1.36 bits per heavy atom. The van der Waals surface area contributed by atoms with Crippen LogP contribution in [0.15, 0.2) is 42.5 Å². The average Bonchev–Trinajstić information content (AvgIpc) is 2.62. The van der Waals surface area contributed by atoms with Crippen LogP contribution in [0.4, 0.5) is 26.3 Å². The molecule has 28 heavy (non-hydrogen) atoms. The van der Waals surface area contributed by atoms with Gasteiger partial charge in [0.1, 0.15) is 0 Å². The first kappa shape index (κ1) is 24.3. The second-order valence-electron chi connectivity index (χ2n) is 5.88. The predicted octanol–water partition coefficient (Wildman–Crippen LogP) is 7.60. The fourth-order valence-electron chi connectivity index (χ4n) is 2.66. The van der Waals surface area contributed by atoms with Crippen molar-refractivity contribution < 1.29 is 31.4 Å². The summed E-state index contributed by atoms with van der Waals surface area (Å²) in [5.74, 6) is 0. The molecule has 8 heteroatoms. The zero-order valence-corrected chi connectivity index (χ0v) is 16.3. The first-order valence-corrected chi connectivity index (χ1v) is 9.04. The lowest BCUT2D eigenvalue weighted by molar-refractivity contribution is -0.269. The van der Waals surface area contributed by atoms with Gasteiger partial charge >= 0.3 is 12.4 Å². The van der Waals surface area contributed by atoms with Gasteiger partial charge in [0.05, 0.1) is 5.56 Å². The third-order valence-electron chi connectivity index (χ3n) is 4.05. The SMILES string of the molecule is CC.CCCC(O)(c1ccc(-c2ccc(C(F)(F)F)cc2Cl)cc1)C(F)(F)F. The summed E-state index contributed by atoms with van der Waals surface area (Å²) in [5.41, 5.74) is -3.65. The lowest BCUT2D eigenvalue weighted by Gasteiger charge is -2.30. The van der Waals surface area contributed by atoms with Gasteiger partial charge in [0.15, 0.2) is 5.60 Å². The highest BCUT2D eigenvalue weighted by Crippen LogP contribution is 2.43. The van der Waals surface area contributed by atoms with Gasteiger partial charge in [-0.05, 0) is 29.7 Å². The Hall–Kier alpha value is -1.73. The highest BCUT2D eigenvalue weighted by molar-refractivity contribution is 6.33. The van der Waals surface area contributed by atoms with Crippen LogP contribution >= 0.6 is 11.6 Å². The Balaban J connectivity index is 0.00000190. The molecule has 0 radical (unpaired) electrons. The first-order chi connectivity index (χ1) is 12.9. The van der Waals surface area contributed by atoms with Crippen LogP contribution in [0.25, 0.3) is 11.1 Å². The minimum Gasteiger partial charge on any atom is -0.376 e. The monoisotopic (exact) mass is 426 g/mol. The van der Waals surface area contributed by atoms with E-state index in [-0.39, 0.29) is 22.6 Å². The summed E-state index contributed by atoms with van der Waals surface area (Å²) in [5, 5.41) is 9.91. The van der Waals surface area contributed by atoms with Crippen molar-refractivity contribution >= 4 is 11.6 Å². The van der Waals surface area contributed by atoms with Crippen LogP contribution in [-0.4, -0.2) is 11.3 Å². The summed E-state index contributed by atoms with van der Waals surface area (Å²) in [4.78, 5) is 0. The quantitative estimate of drug-likeness (QED) is 0.499. The molecule has 0 aromatic heterocycles. The molecule has 1 N–H and O–H groups in total. The van der Waals surface area contributed by atoms with Crippen LogP contribution < -0.4 is 0 Å². The lowest BCUT2D eigenvalue weighted by atomic mass is 9.87. The van der Waals surface area contributed by atoms with E-state index in [1.54, 1.807) is 0 Å². The van der Waals surface area contributed by atoms with E-state index < -0.39 is 29.9 Å². The van der Waals surface area contributed by atoms with Crippen LogP contribution in [0, 0.1) is 0 Å². The van der Waals surface area contributed by atoms with Gasteiger partial charge in [-0.25, -0.2) is 0 Å². The van der Waals surface area contributed by atoms with E-state index in [1.165, 1.54) is 19.1 Å². The van der Waals surface area contributed by atoms with E-state index in [0.29, 0.717) is 5.56 Å². The molecule has 0 bridgehead atoms. The highest BCUT2D eigenvalue weighted by atomic mass is 35.5. The minimum atomic E-state index is -4.85. The number of halogens is 7.